The van der Waals surface area contributed by atoms with E-state index in [2.05, 4.69) is 35.2 Å². The summed E-state index contributed by atoms with van der Waals surface area (Å²) in [6.45, 7) is 5.96. The van der Waals surface area contributed by atoms with Crippen LogP contribution in [0.4, 0.5) is 0 Å². The molecule has 0 saturated carbocycles. The average molecular weight is 453 g/mol. The van der Waals surface area contributed by atoms with Gasteiger partial charge in [0.05, 0.1) is 17.7 Å². The van der Waals surface area contributed by atoms with Crippen molar-refractivity contribution in [1.29, 1.82) is 0 Å². The van der Waals surface area contributed by atoms with E-state index in [1.807, 2.05) is 53.5 Å². The highest BCUT2D eigenvalue weighted by atomic mass is 32.1. The predicted octanol–water partition coefficient (Wildman–Crippen LogP) is 4.35. The highest BCUT2D eigenvalue weighted by molar-refractivity contribution is 7.12. The Morgan fingerprint density at radius 3 is 2.88 bits per heavy atom. The lowest BCUT2D eigenvalue weighted by atomic mass is 9.98. The third-order valence-corrected chi connectivity index (χ3v) is 6.91. The maximum Gasteiger partial charge on any atom is 0.264 e. The van der Waals surface area contributed by atoms with Gasteiger partial charge in [0.15, 0.2) is 0 Å². The smallest absolute Gasteiger partial charge is 0.264 e. The van der Waals surface area contributed by atoms with Crippen LogP contribution in [0.25, 0.3) is 0 Å². The molecule has 4 rings (SSSR count). The molecule has 0 aliphatic carbocycles. The monoisotopic (exact) mass is 452 g/mol. The Morgan fingerprint density at radius 1 is 1.28 bits per heavy atom. The van der Waals surface area contributed by atoms with E-state index in [4.69, 9.17) is 4.74 Å². The molecule has 1 fully saturated rings. The average Bonchev–Trinajstić information content (AvgIpc) is 3.39. The Morgan fingerprint density at radius 2 is 2.12 bits per heavy atom. The number of amides is 1. The van der Waals surface area contributed by atoms with Gasteiger partial charge in [-0.25, -0.2) is 0 Å². The number of hydrogen-bond donors (Lipinski definition) is 0. The second-order valence-corrected chi connectivity index (χ2v) is 9.76. The van der Waals surface area contributed by atoms with Gasteiger partial charge in [-0.15, -0.1) is 11.3 Å². The van der Waals surface area contributed by atoms with Crippen LogP contribution >= 0.6 is 11.3 Å². The number of aromatic nitrogens is 2. The highest BCUT2D eigenvalue weighted by Crippen LogP contribution is 2.24. The van der Waals surface area contributed by atoms with Gasteiger partial charge in [0.1, 0.15) is 5.75 Å². The van der Waals surface area contributed by atoms with E-state index < -0.39 is 0 Å². The van der Waals surface area contributed by atoms with Gasteiger partial charge in [-0.05, 0) is 61.5 Å². The minimum atomic E-state index is 0.167. The number of ether oxygens (including phenoxy) is 1. The largest absolute Gasteiger partial charge is 0.493 e. The van der Waals surface area contributed by atoms with E-state index >= 15 is 0 Å². The summed E-state index contributed by atoms with van der Waals surface area (Å²) in [6, 6.07) is 10.4. The summed E-state index contributed by atoms with van der Waals surface area (Å²) in [4.78, 5) is 18.0. The third-order valence-electron chi connectivity index (χ3n) is 5.91. The van der Waals surface area contributed by atoms with Crippen molar-refractivity contribution in [1.82, 2.24) is 19.6 Å². The topological polar surface area (TPSA) is 50.6 Å². The zero-order valence-electron chi connectivity index (χ0n) is 19.2. The molecule has 1 aromatic carbocycles. The Bertz CT molecular complexity index is 1040. The molecule has 0 spiro atoms. The lowest BCUT2D eigenvalue weighted by Gasteiger charge is -2.32. The quantitative estimate of drug-likeness (QED) is 0.510. The van der Waals surface area contributed by atoms with Crippen molar-refractivity contribution in [2.45, 2.75) is 32.9 Å². The maximum absolute atomic E-state index is 12.9. The molecule has 0 N–H and O–H groups in total. The van der Waals surface area contributed by atoms with Gasteiger partial charge in [-0.3, -0.25) is 14.4 Å². The number of nitrogens with zero attached hydrogens (tertiary/aromatic N) is 4. The molecule has 1 saturated heterocycles. The number of hydrogen-bond acceptors (Lipinski definition) is 5. The molecule has 170 valence electrons. The Hall–Kier alpha value is -2.64. The SMILES string of the molecule is Cc1ccsc1C(=O)N1CCC[C@@H](COc2cccc(CN(C)Cc3cnn(C)c3)c2)C1. The van der Waals surface area contributed by atoms with Gasteiger partial charge in [0, 0.05) is 50.9 Å². The van der Waals surface area contributed by atoms with E-state index in [1.54, 1.807) is 0 Å². The summed E-state index contributed by atoms with van der Waals surface area (Å²) in [5, 5.41) is 6.23. The first kappa shape index (κ1) is 22.6. The molecule has 0 unspecified atom stereocenters. The second-order valence-electron chi connectivity index (χ2n) is 8.85. The molecular formula is C25H32N4O2S. The fourth-order valence-electron chi connectivity index (χ4n) is 4.30. The van der Waals surface area contributed by atoms with Crippen LogP contribution in [0.15, 0.2) is 48.1 Å². The van der Waals surface area contributed by atoms with Gasteiger partial charge >= 0.3 is 0 Å². The number of rotatable bonds is 8. The summed E-state index contributed by atoms with van der Waals surface area (Å²) in [5.74, 6) is 1.43. The molecule has 3 aromatic rings. The minimum Gasteiger partial charge on any atom is -0.493 e. The lowest BCUT2D eigenvalue weighted by molar-refractivity contribution is 0.0637. The Kier molecular flexibility index (Phi) is 7.27. The number of aryl methyl sites for hydroxylation is 2. The van der Waals surface area contributed by atoms with Crippen molar-refractivity contribution in [2.75, 3.05) is 26.7 Å². The molecule has 0 radical (unpaired) electrons. The number of thiophene rings is 1. The lowest BCUT2D eigenvalue weighted by Crippen LogP contribution is -2.41. The van der Waals surface area contributed by atoms with Crippen LogP contribution in [0.1, 0.15) is 39.2 Å². The summed E-state index contributed by atoms with van der Waals surface area (Å²) in [6.07, 6.45) is 6.09. The number of carbonyl (C=O) groups excluding carboxylic acids is 1. The van der Waals surface area contributed by atoms with Crippen LogP contribution in [-0.2, 0) is 20.1 Å². The summed E-state index contributed by atoms with van der Waals surface area (Å²) < 4.78 is 8.00. The Balaban J connectivity index is 1.29. The number of carbonyl (C=O) groups is 1. The molecule has 6 nitrogen and oxygen atoms in total. The number of piperidine rings is 1. The third kappa shape index (κ3) is 5.78. The van der Waals surface area contributed by atoms with E-state index in [1.165, 1.54) is 22.5 Å². The van der Waals surface area contributed by atoms with Crippen LogP contribution in [0.5, 0.6) is 5.75 Å². The zero-order valence-corrected chi connectivity index (χ0v) is 20.0. The van der Waals surface area contributed by atoms with Gasteiger partial charge in [0.25, 0.3) is 5.91 Å². The molecule has 0 bridgehead atoms. The van der Waals surface area contributed by atoms with Crippen molar-refractivity contribution in [3.8, 4) is 5.75 Å². The molecular weight excluding hydrogens is 420 g/mol. The molecule has 7 heteroatoms. The van der Waals surface area contributed by atoms with Crippen molar-refractivity contribution in [2.24, 2.45) is 13.0 Å². The highest BCUT2D eigenvalue weighted by Gasteiger charge is 2.26. The number of likely N-dealkylation sites (tertiary alicyclic amines) is 1. The van der Waals surface area contributed by atoms with Crippen LogP contribution < -0.4 is 4.74 Å². The molecule has 2 aromatic heterocycles. The van der Waals surface area contributed by atoms with Gasteiger partial charge < -0.3 is 9.64 Å². The van der Waals surface area contributed by atoms with Gasteiger partial charge in [-0.2, -0.15) is 5.10 Å². The van der Waals surface area contributed by atoms with Crippen LogP contribution in [0.3, 0.4) is 0 Å². The first-order valence-electron chi connectivity index (χ1n) is 11.2. The van der Waals surface area contributed by atoms with Crippen LogP contribution in [-0.4, -0.2) is 52.2 Å². The van der Waals surface area contributed by atoms with Gasteiger partial charge in [-0.1, -0.05) is 12.1 Å². The summed E-state index contributed by atoms with van der Waals surface area (Å²) in [7, 11) is 4.05. The molecule has 32 heavy (non-hydrogen) atoms. The van der Waals surface area contributed by atoms with Crippen molar-refractivity contribution >= 4 is 17.2 Å². The van der Waals surface area contributed by atoms with Crippen molar-refractivity contribution in [3.05, 3.63) is 69.7 Å². The summed E-state index contributed by atoms with van der Waals surface area (Å²) >= 11 is 1.54. The molecule has 1 aliphatic heterocycles. The zero-order chi connectivity index (χ0) is 22.5. The first-order chi connectivity index (χ1) is 15.5. The molecule has 1 amide bonds. The fourth-order valence-corrected chi connectivity index (χ4v) is 5.19. The fraction of sp³-hybridized carbons (Fsp3) is 0.440. The van der Waals surface area contributed by atoms with Crippen LogP contribution in [0, 0.1) is 12.8 Å². The Labute approximate surface area is 194 Å². The molecule has 3 heterocycles. The summed E-state index contributed by atoms with van der Waals surface area (Å²) in [5.41, 5.74) is 3.50. The van der Waals surface area contributed by atoms with Crippen LogP contribution in [0.2, 0.25) is 0 Å². The second kappa shape index (κ2) is 10.3. The molecule has 1 aliphatic rings. The van der Waals surface area contributed by atoms with Crippen molar-refractivity contribution in [3.63, 3.8) is 0 Å². The van der Waals surface area contributed by atoms with E-state index in [0.717, 1.165) is 55.2 Å². The van der Waals surface area contributed by atoms with Crippen molar-refractivity contribution < 1.29 is 9.53 Å². The number of benzene rings is 1. The first-order valence-corrected chi connectivity index (χ1v) is 12.1. The normalized spacial score (nSPS) is 16.5. The van der Waals surface area contributed by atoms with Gasteiger partial charge in [0.2, 0.25) is 0 Å². The standard InChI is InChI=1S/C25H32N4O2S/c1-19-9-11-32-24(19)25(30)29-10-5-7-21(17-29)18-31-23-8-4-6-20(12-23)14-27(2)15-22-13-26-28(3)16-22/h4,6,8-9,11-13,16,21H,5,7,10,14-15,17-18H2,1-3H3/t21-/m1/s1. The molecule has 1 atom stereocenters. The van der Waals surface area contributed by atoms with E-state index in [9.17, 15) is 4.79 Å². The van der Waals surface area contributed by atoms with E-state index in [-0.39, 0.29) is 5.91 Å². The van der Waals surface area contributed by atoms with E-state index in [0.29, 0.717) is 12.5 Å². The predicted molar refractivity (Wildman–Crippen MR) is 128 cm³/mol. The maximum atomic E-state index is 12.9. The minimum absolute atomic E-state index is 0.167.